The van der Waals surface area contributed by atoms with Gasteiger partial charge in [-0.2, -0.15) is 5.10 Å². The van der Waals surface area contributed by atoms with Gasteiger partial charge in [-0.25, -0.2) is 4.68 Å². The lowest BCUT2D eigenvalue weighted by Crippen LogP contribution is -2.24. The number of carbonyl (C=O) groups excluding carboxylic acids is 2. The molecule has 0 saturated carbocycles. The molecule has 0 saturated heterocycles. The number of anilines is 1. The molecule has 1 N–H and O–H groups in total. The molecule has 3 rings (SSSR count). The molecule has 146 valence electrons. The Balaban J connectivity index is 1.71. The maximum absolute atomic E-state index is 12.8. The lowest BCUT2D eigenvalue weighted by molar-refractivity contribution is -0.157. The van der Waals surface area contributed by atoms with E-state index in [9.17, 15) is 9.59 Å². The fraction of sp³-hybridized carbons (Fsp3) is 0.300. The van der Waals surface area contributed by atoms with Crippen LogP contribution >= 0.6 is 0 Å². The highest BCUT2D eigenvalue weighted by molar-refractivity contribution is 6.08. The molecule has 3 aromatic rings. The van der Waals surface area contributed by atoms with Gasteiger partial charge in [-0.15, -0.1) is 0 Å². The van der Waals surface area contributed by atoms with Crippen molar-refractivity contribution in [2.45, 2.75) is 34.4 Å². The lowest BCUT2D eigenvalue weighted by atomic mass is 9.98. The SMILES string of the molecule is Cc1onc(-c2ccccc2)c1C(=O)Nc1cnn(COC(=O)C(C)(C)C)c1. The average Bonchev–Trinajstić information content (AvgIpc) is 3.25. The monoisotopic (exact) mass is 382 g/mol. The number of nitrogens with zero attached hydrogens (tertiary/aromatic N) is 3. The van der Waals surface area contributed by atoms with Crippen molar-refractivity contribution in [3.05, 3.63) is 54.0 Å². The average molecular weight is 382 g/mol. The van der Waals surface area contributed by atoms with Crippen molar-refractivity contribution < 1.29 is 18.8 Å². The van der Waals surface area contributed by atoms with E-state index in [1.165, 1.54) is 10.9 Å². The molecule has 1 amide bonds. The molecule has 0 fully saturated rings. The van der Waals surface area contributed by atoms with Gasteiger partial charge in [0.05, 0.1) is 23.5 Å². The summed E-state index contributed by atoms with van der Waals surface area (Å²) in [5, 5.41) is 10.9. The van der Waals surface area contributed by atoms with Crippen LogP contribution < -0.4 is 5.32 Å². The number of nitrogens with one attached hydrogen (secondary N) is 1. The molecule has 0 atom stereocenters. The molecule has 0 radical (unpaired) electrons. The fourth-order valence-electron chi connectivity index (χ4n) is 2.47. The summed E-state index contributed by atoms with van der Waals surface area (Å²) in [6.45, 7) is 6.97. The Labute approximate surface area is 162 Å². The Hall–Kier alpha value is -3.42. The number of aryl methyl sites for hydroxylation is 1. The number of esters is 1. The zero-order valence-electron chi connectivity index (χ0n) is 16.2. The van der Waals surface area contributed by atoms with Gasteiger partial charge in [0.25, 0.3) is 5.91 Å². The first-order chi connectivity index (χ1) is 13.3. The van der Waals surface area contributed by atoms with Crippen LogP contribution in [0, 0.1) is 12.3 Å². The summed E-state index contributed by atoms with van der Waals surface area (Å²) in [7, 11) is 0. The molecule has 0 aliphatic heterocycles. The van der Waals surface area contributed by atoms with Crippen molar-refractivity contribution in [3.8, 4) is 11.3 Å². The maximum Gasteiger partial charge on any atom is 0.313 e. The number of carbonyl (C=O) groups is 2. The topological polar surface area (TPSA) is 99.3 Å². The van der Waals surface area contributed by atoms with Gasteiger partial charge in [-0.1, -0.05) is 35.5 Å². The van der Waals surface area contributed by atoms with Crippen LogP contribution in [0.1, 0.15) is 36.9 Å². The van der Waals surface area contributed by atoms with Gasteiger partial charge < -0.3 is 14.6 Å². The van der Waals surface area contributed by atoms with Crippen molar-refractivity contribution in [3.63, 3.8) is 0 Å². The minimum Gasteiger partial charge on any atom is -0.442 e. The summed E-state index contributed by atoms with van der Waals surface area (Å²) in [4.78, 5) is 24.6. The van der Waals surface area contributed by atoms with E-state index in [0.29, 0.717) is 22.7 Å². The van der Waals surface area contributed by atoms with Gasteiger partial charge in [-0.3, -0.25) is 9.59 Å². The minimum absolute atomic E-state index is 0.0342. The Bertz CT molecular complexity index is 983. The third kappa shape index (κ3) is 4.28. The number of ether oxygens (including phenoxy) is 1. The van der Waals surface area contributed by atoms with Crippen LogP contribution in [0.4, 0.5) is 5.69 Å². The molecule has 0 bridgehead atoms. The van der Waals surface area contributed by atoms with E-state index in [4.69, 9.17) is 9.26 Å². The number of amides is 1. The second kappa shape index (κ2) is 7.67. The van der Waals surface area contributed by atoms with Crippen LogP contribution in [0.15, 0.2) is 47.2 Å². The fourth-order valence-corrected chi connectivity index (χ4v) is 2.47. The standard InChI is InChI=1S/C20H22N4O4/c1-13-16(17(23-28-13)14-8-6-5-7-9-14)18(25)22-15-10-21-24(11-15)12-27-19(26)20(2,3)4/h5-11H,12H2,1-4H3,(H,22,25). The van der Waals surface area contributed by atoms with E-state index in [2.05, 4.69) is 15.6 Å². The Morgan fingerprint density at radius 2 is 1.93 bits per heavy atom. The van der Waals surface area contributed by atoms with E-state index < -0.39 is 5.41 Å². The van der Waals surface area contributed by atoms with E-state index in [-0.39, 0.29) is 18.6 Å². The summed E-state index contributed by atoms with van der Waals surface area (Å²) in [5.41, 5.74) is 1.50. The summed E-state index contributed by atoms with van der Waals surface area (Å²) in [6, 6.07) is 9.33. The summed E-state index contributed by atoms with van der Waals surface area (Å²) >= 11 is 0. The minimum atomic E-state index is -0.593. The van der Waals surface area contributed by atoms with Gasteiger partial charge >= 0.3 is 5.97 Å². The van der Waals surface area contributed by atoms with Crippen molar-refractivity contribution in [1.82, 2.24) is 14.9 Å². The van der Waals surface area contributed by atoms with Gasteiger partial charge in [0.15, 0.2) is 6.73 Å². The van der Waals surface area contributed by atoms with Crippen LogP contribution in [0.3, 0.4) is 0 Å². The first-order valence-corrected chi connectivity index (χ1v) is 8.78. The van der Waals surface area contributed by atoms with Gasteiger partial charge in [0.1, 0.15) is 17.0 Å². The largest absolute Gasteiger partial charge is 0.442 e. The highest BCUT2D eigenvalue weighted by atomic mass is 16.5. The normalized spacial score (nSPS) is 11.3. The third-order valence-corrected chi connectivity index (χ3v) is 3.97. The summed E-state index contributed by atoms with van der Waals surface area (Å²) in [5.74, 6) is -0.270. The first kappa shape index (κ1) is 19.3. The molecular formula is C20H22N4O4. The van der Waals surface area contributed by atoms with Gasteiger partial charge in [-0.05, 0) is 27.7 Å². The maximum atomic E-state index is 12.8. The number of hydrogen-bond donors (Lipinski definition) is 1. The van der Waals surface area contributed by atoms with Crippen LogP contribution in [0.5, 0.6) is 0 Å². The van der Waals surface area contributed by atoms with E-state index >= 15 is 0 Å². The van der Waals surface area contributed by atoms with Gasteiger partial charge in [0.2, 0.25) is 0 Å². The van der Waals surface area contributed by atoms with E-state index in [1.54, 1.807) is 33.9 Å². The molecule has 28 heavy (non-hydrogen) atoms. The molecule has 8 heteroatoms. The van der Waals surface area contributed by atoms with Crippen LogP contribution in [-0.4, -0.2) is 26.8 Å². The first-order valence-electron chi connectivity index (χ1n) is 8.78. The van der Waals surface area contributed by atoms with Crippen LogP contribution in [-0.2, 0) is 16.3 Å². The molecule has 0 aliphatic carbocycles. The molecule has 2 aromatic heterocycles. The quantitative estimate of drug-likeness (QED) is 0.676. The number of rotatable bonds is 5. The second-order valence-corrected chi connectivity index (χ2v) is 7.36. The molecule has 2 heterocycles. The Kier molecular flexibility index (Phi) is 5.30. The lowest BCUT2D eigenvalue weighted by Gasteiger charge is -2.16. The van der Waals surface area contributed by atoms with Crippen molar-refractivity contribution in [1.29, 1.82) is 0 Å². The number of benzene rings is 1. The van der Waals surface area contributed by atoms with Crippen molar-refractivity contribution in [2.75, 3.05) is 5.32 Å². The van der Waals surface area contributed by atoms with E-state index in [0.717, 1.165) is 5.56 Å². The summed E-state index contributed by atoms with van der Waals surface area (Å²) < 4.78 is 11.9. The van der Waals surface area contributed by atoms with Crippen LogP contribution in [0.25, 0.3) is 11.3 Å². The van der Waals surface area contributed by atoms with Crippen molar-refractivity contribution >= 4 is 17.6 Å². The number of hydrogen-bond acceptors (Lipinski definition) is 6. The van der Waals surface area contributed by atoms with Crippen LogP contribution in [0.2, 0.25) is 0 Å². The summed E-state index contributed by atoms with van der Waals surface area (Å²) in [6.07, 6.45) is 3.06. The second-order valence-electron chi connectivity index (χ2n) is 7.36. The molecule has 0 unspecified atom stereocenters. The highest BCUT2D eigenvalue weighted by Crippen LogP contribution is 2.26. The molecule has 0 spiro atoms. The molecular weight excluding hydrogens is 360 g/mol. The third-order valence-electron chi connectivity index (χ3n) is 3.97. The zero-order valence-corrected chi connectivity index (χ0v) is 16.2. The predicted molar refractivity (Wildman–Crippen MR) is 102 cm³/mol. The highest BCUT2D eigenvalue weighted by Gasteiger charge is 2.24. The van der Waals surface area contributed by atoms with E-state index in [1.807, 2.05) is 30.3 Å². The zero-order chi connectivity index (χ0) is 20.3. The Morgan fingerprint density at radius 3 is 2.61 bits per heavy atom. The smallest absolute Gasteiger partial charge is 0.313 e. The molecule has 1 aromatic carbocycles. The van der Waals surface area contributed by atoms with Crippen molar-refractivity contribution in [2.24, 2.45) is 5.41 Å². The molecule has 8 nitrogen and oxygen atoms in total. The molecule has 0 aliphatic rings. The predicted octanol–water partition coefficient (Wildman–Crippen LogP) is 3.65. The Morgan fingerprint density at radius 1 is 1.21 bits per heavy atom. The number of aromatic nitrogens is 3. The van der Waals surface area contributed by atoms with Gasteiger partial charge in [0, 0.05) is 5.56 Å².